The minimum absolute atomic E-state index is 0.172. The summed E-state index contributed by atoms with van der Waals surface area (Å²) in [5, 5.41) is 15.0. The summed E-state index contributed by atoms with van der Waals surface area (Å²) in [5.41, 5.74) is 0.724. The van der Waals surface area contributed by atoms with Gasteiger partial charge in [-0.25, -0.2) is 0 Å². The number of carbonyl (C=O) groups excluding carboxylic acids is 2. The predicted octanol–water partition coefficient (Wildman–Crippen LogP) is 3.07. The Kier molecular flexibility index (Phi) is 5.89. The Morgan fingerprint density at radius 1 is 1.04 bits per heavy atom. The number of phenols is 1. The Bertz CT molecular complexity index is 782. The summed E-state index contributed by atoms with van der Waals surface area (Å²) < 4.78 is 4.58. The maximum absolute atomic E-state index is 12.6. The maximum Gasteiger partial charge on any atom is 0.305 e. The molecule has 0 aliphatic carbocycles. The molecule has 0 aromatic heterocycles. The molecular formula is C18H19NO5. The molecule has 0 amide bonds. The monoisotopic (exact) mass is 329 g/mol. The number of aromatic hydroxyl groups is 1. The zero-order valence-electron chi connectivity index (χ0n) is 13.6. The van der Waals surface area contributed by atoms with Crippen LogP contribution in [0.15, 0.2) is 41.6 Å². The average molecular weight is 329 g/mol. The van der Waals surface area contributed by atoms with Crippen molar-refractivity contribution in [3.63, 3.8) is 0 Å². The van der Waals surface area contributed by atoms with Gasteiger partial charge in [0.05, 0.1) is 7.11 Å². The summed E-state index contributed by atoms with van der Waals surface area (Å²) in [5.74, 6) is -0.410. The SMILES string of the molecule is CO/N=C(/CCCC(=O)OC)C(=O)c1ccc2cc(O)ccc2c1. The first kappa shape index (κ1) is 17.5. The van der Waals surface area contributed by atoms with Crippen molar-refractivity contribution < 1.29 is 24.3 Å². The molecule has 2 aromatic rings. The van der Waals surface area contributed by atoms with Crippen molar-refractivity contribution in [2.75, 3.05) is 14.2 Å². The number of ether oxygens (including phenoxy) is 1. The van der Waals surface area contributed by atoms with Crippen LogP contribution in [0.2, 0.25) is 0 Å². The van der Waals surface area contributed by atoms with Crippen LogP contribution in [-0.2, 0) is 14.4 Å². The van der Waals surface area contributed by atoms with Crippen LogP contribution in [0, 0.1) is 0 Å². The van der Waals surface area contributed by atoms with E-state index < -0.39 is 0 Å². The smallest absolute Gasteiger partial charge is 0.305 e. The standard InChI is InChI=1S/C18H19NO5/c1-23-17(21)5-3-4-16(19-24-2)18(22)14-7-6-13-11-15(20)9-8-12(13)10-14/h6-11,20H,3-5H2,1-2H3/b19-16-. The van der Waals surface area contributed by atoms with Crippen molar-refractivity contribution in [2.24, 2.45) is 5.16 Å². The molecule has 0 radical (unpaired) electrons. The van der Waals surface area contributed by atoms with Crippen molar-refractivity contribution in [2.45, 2.75) is 19.3 Å². The highest BCUT2D eigenvalue weighted by Gasteiger charge is 2.16. The summed E-state index contributed by atoms with van der Waals surface area (Å²) in [6, 6.07) is 10.1. The molecule has 0 unspecified atom stereocenters. The molecule has 0 aliphatic heterocycles. The molecule has 0 fully saturated rings. The molecule has 0 bridgehead atoms. The van der Waals surface area contributed by atoms with Gasteiger partial charge < -0.3 is 14.7 Å². The first-order chi connectivity index (χ1) is 11.5. The molecule has 24 heavy (non-hydrogen) atoms. The molecule has 6 heteroatoms. The van der Waals surface area contributed by atoms with E-state index in [0.29, 0.717) is 18.4 Å². The maximum atomic E-state index is 12.6. The summed E-state index contributed by atoms with van der Waals surface area (Å²) in [4.78, 5) is 28.5. The first-order valence-electron chi connectivity index (χ1n) is 7.49. The van der Waals surface area contributed by atoms with E-state index in [2.05, 4.69) is 9.89 Å². The molecule has 0 saturated heterocycles. The number of nitrogens with zero attached hydrogens (tertiary/aromatic N) is 1. The third-order valence-electron chi connectivity index (χ3n) is 3.57. The molecule has 2 rings (SSSR count). The lowest BCUT2D eigenvalue weighted by Gasteiger charge is -2.06. The van der Waals surface area contributed by atoms with Gasteiger partial charge in [-0.05, 0) is 41.8 Å². The quantitative estimate of drug-likeness (QED) is 0.365. The van der Waals surface area contributed by atoms with E-state index in [1.807, 2.05) is 0 Å². The second-order valence-corrected chi connectivity index (χ2v) is 5.23. The molecule has 0 heterocycles. The predicted molar refractivity (Wildman–Crippen MR) is 90.3 cm³/mol. The van der Waals surface area contributed by atoms with Gasteiger partial charge in [0.25, 0.3) is 0 Å². The average Bonchev–Trinajstić information content (AvgIpc) is 2.59. The second-order valence-electron chi connectivity index (χ2n) is 5.23. The van der Waals surface area contributed by atoms with E-state index >= 15 is 0 Å². The Balaban J connectivity index is 2.18. The number of rotatable bonds is 7. The Morgan fingerprint density at radius 2 is 1.75 bits per heavy atom. The fraction of sp³-hybridized carbons (Fsp3) is 0.278. The zero-order chi connectivity index (χ0) is 17.5. The van der Waals surface area contributed by atoms with Gasteiger partial charge >= 0.3 is 5.97 Å². The van der Waals surface area contributed by atoms with Crippen LogP contribution in [-0.4, -0.2) is 36.8 Å². The molecule has 0 atom stereocenters. The Hall–Kier alpha value is -2.89. The number of phenolic OH excluding ortho intramolecular Hbond substituents is 1. The lowest BCUT2D eigenvalue weighted by molar-refractivity contribution is -0.140. The highest BCUT2D eigenvalue weighted by Crippen LogP contribution is 2.22. The van der Waals surface area contributed by atoms with Crippen molar-refractivity contribution >= 4 is 28.2 Å². The van der Waals surface area contributed by atoms with Crippen LogP contribution >= 0.6 is 0 Å². The van der Waals surface area contributed by atoms with Crippen molar-refractivity contribution in [3.05, 3.63) is 42.0 Å². The Labute approximate surface area is 139 Å². The first-order valence-corrected chi connectivity index (χ1v) is 7.49. The number of methoxy groups -OCH3 is 1. The molecule has 0 saturated carbocycles. The molecule has 2 aromatic carbocycles. The van der Waals surface area contributed by atoms with Gasteiger partial charge in [-0.3, -0.25) is 9.59 Å². The van der Waals surface area contributed by atoms with E-state index in [-0.39, 0.29) is 29.6 Å². The zero-order valence-corrected chi connectivity index (χ0v) is 13.6. The van der Waals surface area contributed by atoms with E-state index in [9.17, 15) is 14.7 Å². The van der Waals surface area contributed by atoms with E-state index in [4.69, 9.17) is 4.84 Å². The normalized spacial score (nSPS) is 11.3. The van der Waals surface area contributed by atoms with Crippen molar-refractivity contribution in [1.82, 2.24) is 0 Å². The molecule has 0 aliphatic rings. The highest BCUT2D eigenvalue weighted by atomic mass is 16.6. The van der Waals surface area contributed by atoms with E-state index in [1.54, 1.807) is 36.4 Å². The molecule has 126 valence electrons. The summed E-state index contributed by atoms with van der Waals surface area (Å²) in [6.45, 7) is 0. The number of esters is 1. The lowest BCUT2D eigenvalue weighted by Crippen LogP contribution is -2.15. The number of oxime groups is 1. The summed E-state index contributed by atoms with van der Waals surface area (Å²) in [7, 11) is 2.70. The molecule has 6 nitrogen and oxygen atoms in total. The van der Waals surface area contributed by atoms with Crippen LogP contribution in [0.25, 0.3) is 10.8 Å². The van der Waals surface area contributed by atoms with Gasteiger partial charge in [0.15, 0.2) is 0 Å². The van der Waals surface area contributed by atoms with Gasteiger partial charge in [-0.2, -0.15) is 0 Å². The van der Waals surface area contributed by atoms with E-state index in [1.165, 1.54) is 14.2 Å². The number of ketones is 1. The van der Waals surface area contributed by atoms with Gasteiger partial charge in [-0.15, -0.1) is 0 Å². The van der Waals surface area contributed by atoms with Crippen molar-refractivity contribution in [3.8, 4) is 5.75 Å². The summed E-state index contributed by atoms with van der Waals surface area (Å²) in [6.07, 6.45) is 0.973. The van der Waals surface area contributed by atoms with Gasteiger partial charge in [0.1, 0.15) is 18.6 Å². The van der Waals surface area contributed by atoms with Crippen LogP contribution in [0.4, 0.5) is 0 Å². The second kappa shape index (κ2) is 8.10. The third-order valence-corrected chi connectivity index (χ3v) is 3.57. The van der Waals surface area contributed by atoms with Crippen LogP contribution < -0.4 is 0 Å². The molecule has 0 spiro atoms. The third kappa shape index (κ3) is 4.32. The van der Waals surface area contributed by atoms with Crippen LogP contribution in [0.3, 0.4) is 0 Å². The minimum atomic E-state index is -0.329. The fourth-order valence-electron chi connectivity index (χ4n) is 2.35. The number of benzene rings is 2. The number of hydrogen-bond donors (Lipinski definition) is 1. The van der Waals surface area contributed by atoms with Gasteiger partial charge in [-0.1, -0.05) is 23.4 Å². The van der Waals surface area contributed by atoms with Crippen molar-refractivity contribution in [1.29, 1.82) is 0 Å². The lowest BCUT2D eigenvalue weighted by atomic mass is 9.99. The molecule has 1 N–H and O–H groups in total. The van der Waals surface area contributed by atoms with E-state index in [0.717, 1.165) is 10.8 Å². The number of Topliss-reactive ketones (excluding diaryl/α,β-unsaturated/α-hetero) is 1. The number of fused-ring (bicyclic) bond motifs is 1. The Morgan fingerprint density at radius 3 is 2.46 bits per heavy atom. The van der Waals surface area contributed by atoms with Crippen LogP contribution in [0.1, 0.15) is 29.6 Å². The largest absolute Gasteiger partial charge is 0.508 e. The minimum Gasteiger partial charge on any atom is -0.508 e. The van der Waals surface area contributed by atoms with Gasteiger partial charge in [0.2, 0.25) is 5.78 Å². The topological polar surface area (TPSA) is 85.2 Å². The fourth-order valence-corrected chi connectivity index (χ4v) is 2.35. The number of hydrogen-bond acceptors (Lipinski definition) is 6. The summed E-state index contributed by atoms with van der Waals surface area (Å²) >= 11 is 0. The van der Waals surface area contributed by atoms with Gasteiger partial charge in [0, 0.05) is 12.0 Å². The molecular weight excluding hydrogens is 310 g/mol. The van der Waals surface area contributed by atoms with Crippen LogP contribution in [0.5, 0.6) is 5.75 Å². The number of carbonyl (C=O) groups is 2. The highest BCUT2D eigenvalue weighted by molar-refractivity contribution is 6.46.